The zero-order valence-electron chi connectivity index (χ0n) is 17.9. The zero-order valence-corrected chi connectivity index (χ0v) is 17.9. The number of likely N-dealkylation sites (tertiary alicyclic amines) is 2. The van der Waals surface area contributed by atoms with E-state index < -0.39 is 0 Å². The summed E-state index contributed by atoms with van der Waals surface area (Å²) in [6.07, 6.45) is 3.83. The molecule has 156 valence electrons. The average Bonchev–Trinajstić information content (AvgIpc) is 3.18. The van der Waals surface area contributed by atoms with Crippen molar-refractivity contribution in [3.05, 3.63) is 35.9 Å². The fraction of sp³-hybridized carbons (Fsp3) is 0.696. The van der Waals surface area contributed by atoms with Crippen LogP contribution in [-0.4, -0.2) is 68.2 Å². The zero-order chi connectivity index (χ0) is 19.8. The maximum Gasteiger partial charge on any atom is 0.193 e. The first kappa shape index (κ1) is 21.1. The molecule has 0 spiro atoms. The van der Waals surface area contributed by atoms with Crippen LogP contribution < -0.4 is 5.32 Å². The standard InChI is InChI=1S/C23H38N4O/c1-19-9-12-26(13-10-19)20(2)15-25-23(24-3)27-14-11-22(16-27)18-28-17-21-7-5-4-6-8-21/h4-8,19-20,22H,9-18H2,1-3H3,(H,24,25). The van der Waals surface area contributed by atoms with E-state index in [1.54, 1.807) is 0 Å². The summed E-state index contributed by atoms with van der Waals surface area (Å²) in [6, 6.07) is 11.0. The number of hydrogen-bond acceptors (Lipinski definition) is 3. The lowest BCUT2D eigenvalue weighted by Crippen LogP contribution is -2.48. The average molecular weight is 387 g/mol. The van der Waals surface area contributed by atoms with Crippen LogP contribution >= 0.6 is 0 Å². The summed E-state index contributed by atoms with van der Waals surface area (Å²) in [6.45, 7) is 11.8. The van der Waals surface area contributed by atoms with Crippen molar-refractivity contribution < 1.29 is 4.74 Å². The summed E-state index contributed by atoms with van der Waals surface area (Å²) in [4.78, 5) is 9.54. The number of guanidine groups is 1. The highest BCUT2D eigenvalue weighted by Gasteiger charge is 2.26. The number of benzene rings is 1. The quantitative estimate of drug-likeness (QED) is 0.577. The molecule has 1 aromatic carbocycles. The Morgan fingerprint density at radius 2 is 1.93 bits per heavy atom. The molecule has 0 aromatic heterocycles. The minimum atomic E-state index is 0.553. The minimum absolute atomic E-state index is 0.553. The van der Waals surface area contributed by atoms with Crippen LogP contribution in [0.3, 0.4) is 0 Å². The monoisotopic (exact) mass is 386 g/mol. The van der Waals surface area contributed by atoms with Crippen LogP contribution in [-0.2, 0) is 11.3 Å². The van der Waals surface area contributed by atoms with Crippen molar-refractivity contribution >= 4 is 5.96 Å². The summed E-state index contributed by atoms with van der Waals surface area (Å²) in [5, 5.41) is 3.62. The summed E-state index contributed by atoms with van der Waals surface area (Å²) in [7, 11) is 1.90. The number of nitrogens with one attached hydrogen (secondary N) is 1. The number of aliphatic imine (C=N–C) groups is 1. The summed E-state index contributed by atoms with van der Waals surface area (Å²) >= 11 is 0. The lowest BCUT2D eigenvalue weighted by Gasteiger charge is -2.35. The largest absolute Gasteiger partial charge is 0.376 e. The van der Waals surface area contributed by atoms with Gasteiger partial charge in [-0.25, -0.2) is 0 Å². The van der Waals surface area contributed by atoms with Gasteiger partial charge < -0.3 is 15.0 Å². The molecule has 2 unspecified atom stereocenters. The van der Waals surface area contributed by atoms with Gasteiger partial charge in [0.05, 0.1) is 13.2 Å². The maximum absolute atomic E-state index is 5.96. The Hall–Kier alpha value is -1.59. The molecule has 0 bridgehead atoms. The summed E-state index contributed by atoms with van der Waals surface area (Å²) in [5.41, 5.74) is 1.25. The van der Waals surface area contributed by atoms with Gasteiger partial charge in [-0.05, 0) is 50.8 Å². The first-order chi connectivity index (χ1) is 13.7. The molecular formula is C23H38N4O. The van der Waals surface area contributed by atoms with Gasteiger partial charge in [0.2, 0.25) is 0 Å². The number of hydrogen-bond donors (Lipinski definition) is 1. The van der Waals surface area contributed by atoms with Gasteiger partial charge in [0.25, 0.3) is 0 Å². The Morgan fingerprint density at radius 1 is 1.18 bits per heavy atom. The molecule has 0 aliphatic carbocycles. The van der Waals surface area contributed by atoms with Crippen LogP contribution in [0.25, 0.3) is 0 Å². The smallest absolute Gasteiger partial charge is 0.193 e. The van der Waals surface area contributed by atoms with Gasteiger partial charge >= 0.3 is 0 Å². The van der Waals surface area contributed by atoms with E-state index in [1.807, 2.05) is 13.1 Å². The van der Waals surface area contributed by atoms with Crippen molar-refractivity contribution in [3.8, 4) is 0 Å². The molecular weight excluding hydrogens is 348 g/mol. The topological polar surface area (TPSA) is 40.1 Å². The molecule has 0 radical (unpaired) electrons. The predicted molar refractivity (Wildman–Crippen MR) is 117 cm³/mol. The van der Waals surface area contributed by atoms with Crippen molar-refractivity contribution in [2.75, 3.05) is 46.4 Å². The SMILES string of the molecule is CN=C(NCC(C)N1CCC(C)CC1)N1CCC(COCc2ccccc2)C1. The Labute approximate surface area is 171 Å². The fourth-order valence-electron chi connectivity index (χ4n) is 4.25. The molecule has 2 aliphatic heterocycles. The van der Waals surface area contributed by atoms with Crippen LogP contribution in [0.5, 0.6) is 0 Å². The molecule has 2 atom stereocenters. The van der Waals surface area contributed by atoms with Gasteiger partial charge in [-0.2, -0.15) is 0 Å². The number of nitrogens with zero attached hydrogens (tertiary/aromatic N) is 3. The molecule has 3 rings (SSSR count). The Kier molecular flexibility index (Phi) is 8.16. The summed E-state index contributed by atoms with van der Waals surface area (Å²) in [5.74, 6) is 2.51. The Balaban J connectivity index is 1.36. The van der Waals surface area contributed by atoms with Gasteiger partial charge in [-0.1, -0.05) is 37.3 Å². The van der Waals surface area contributed by atoms with E-state index >= 15 is 0 Å². The third kappa shape index (κ3) is 6.21. The van der Waals surface area contributed by atoms with Crippen LogP contribution in [0, 0.1) is 11.8 Å². The van der Waals surface area contributed by atoms with Crippen LogP contribution in [0.2, 0.25) is 0 Å². The van der Waals surface area contributed by atoms with E-state index in [9.17, 15) is 0 Å². The highest BCUT2D eigenvalue weighted by atomic mass is 16.5. The van der Waals surface area contributed by atoms with E-state index in [2.05, 4.69) is 58.2 Å². The van der Waals surface area contributed by atoms with E-state index in [4.69, 9.17) is 4.74 Å². The van der Waals surface area contributed by atoms with E-state index in [-0.39, 0.29) is 0 Å². The minimum Gasteiger partial charge on any atom is -0.376 e. The molecule has 1 N–H and O–H groups in total. The molecule has 28 heavy (non-hydrogen) atoms. The molecule has 2 aliphatic rings. The second kappa shape index (κ2) is 10.8. The van der Waals surface area contributed by atoms with Crippen molar-refractivity contribution in [1.29, 1.82) is 0 Å². The third-order valence-corrected chi connectivity index (χ3v) is 6.26. The molecule has 0 amide bonds. The molecule has 5 heteroatoms. The molecule has 1 aromatic rings. The molecule has 0 saturated carbocycles. The fourth-order valence-corrected chi connectivity index (χ4v) is 4.25. The van der Waals surface area contributed by atoms with Crippen LogP contribution in [0.1, 0.15) is 38.7 Å². The van der Waals surface area contributed by atoms with E-state index in [1.165, 1.54) is 37.9 Å². The summed E-state index contributed by atoms with van der Waals surface area (Å²) < 4.78 is 5.96. The number of ether oxygens (including phenoxy) is 1. The first-order valence-corrected chi connectivity index (χ1v) is 11.0. The first-order valence-electron chi connectivity index (χ1n) is 11.0. The van der Waals surface area contributed by atoms with E-state index in [0.717, 1.165) is 38.1 Å². The van der Waals surface area contributed by atoms with Crippen molar-refractivity contribution in [3.63, 3.8) is 0 Å². The molecule has 2 saturated heterocycles. The number of rotatable bonds is 7. The maximum atomic E-state index is 5.96. The highest BCUT2D eigenvalue weighted by molar-refractivity contribution is 5.80. The van der Waals surface area contributed by atoms with Gasteiger partial charge in [-0.15, -0.1) is 0 Å². The predicted octanol–water partition coefficient (Wildman–Crippen LogP) is 3.22. The second-order valence-electron chi connectivity index (χ2n) is 8.60. The highest BCUT2D eigenvalue weighted by Crippen LogP contribution is 2.19. The van der Waals surface area contributed by atoms with Crippen molar-refractivity contribution in [2.45, 2.75) is 45.8 Å². The van der Waals surface area contributed by atoms with Crippen molar-refractivity contribution in [1.82, 2.24) is 15.1 Å². The van der Waals surface area contributed by atoms with Crippen LogP contribution in [0.15, 0.2) is 35.3 Å². The third-order valence-electron chi connectivity index (χ3n) is 6.26. The van der Waals surface area contributed by atoms with Crippen molar-refractivity contribution in [2.24, 2.45) is 16.8 Å². The van der Waals surface area contributed by atoms with Gasteiger partial charge in [0.1, 0.15) is 0 Å². The number of piperidine rings is 1. The molecule has 5 nitrogen and oxygen atoms in total. The Morgan fingerprint density at radius 3 is 2.64 bits per heavy atom. The van der Waals surface area contributed by atoms with Gasteiger partial charge in [-0.3, -0.25) is 9.89 Å². The second-order valence-corrected chi connectivity index (χ2v) is 8.60. The van der Waals surface area contributed by atoms with E-state index in [0.29, 0.717) is 18.6 Å². The lowest BCUT2D eigenvalue weighted by atomic mass is 9.98. The van der Waals surface area contributed by atoms with Gasteiger partial charge in [0, 0.05) is 38.6 Å². The van der Waals surface area contributed by atoms with Gasteiger partial charge in [0.15, 0.2) is 5.96 Å². The lowest BCUT2D eigenvalue weighted by molar-refractivity contribution is 0.0906. The molecule has 2 heterocycles. The normalized spacial score (nSPS) is 23.2. The van der Waals surface area contributed by atoms with Crippen LogP contribution in [0.4, 0.5) is 0 Å². The molecule has 2 fully saturated rings. The Bertz CT molecular complexity index is 598.